The molecule has 0 saturated carbocycles. The SMILES string of the molecule is CN(C(=O)CCCC(=O)O)C(C(=O)Nc1cc(F)c(S(C)(C)C)c(F)c1)C1CCOCC1. The number of carbonyl (C=O) groups excluding carboxylic acids is 2. The van der Waals surface area contributed by atoms with Crippen molar-refractivity contribution in [3.05, 3.63) is 23.8 Å². The molecule has 0 aliphatic carbocycles. The second kappa shape index (κ2) is 11.1. The maximum atomic E-state index is 14.6. The Kier molecular flexibility index (Phi) is 9.03. The molecule has 0 spiro atoms. The summed E-state index contributed by atoms with van der Waals surface area (Å²) in [5.41, 5.74) is -0.0128. The summed E-state index contributed by atoms with van der Waals surface area (Å²) in [6.07, 6.45) is 6.44. The van der Waals surface area contributed by atoms with Crippen LogP contribution in [-0.4, -0.2) is 72.9 Å². The Morgan fingerprint density at radius 2 is 1.72 bits per heavy atom. The molecule has 180 valence electrons. The first-order chi connectivity index (χ1) is 14.9. The highest BCUT2D eigenvalue weighted by atomic mass is 32.3. The van der Waals surface area contributed by atoms with Crippen molar-refractivity contribution >= 4 is 33.5 Å². The zero-order chi connectivity index (χ0) is 24.1. The second-order valence-corrected chi connectivity index (χ2v) is 12.8. The number of likely N-dealkylation sites (N-methyl/N-ethyl adjacent to an activating group) is 1. The Bertz CT molecular complexity index is 830. The van der Waals surface area contributed by atoms with E-state index in [0.717, 1.165) is 12.1 Å². The van der Waals surface area contributed by atoms with Crippen LogP contribution in [0.3, 0.4) is 0 Å². The van der Waals surface area contributed by atoms with E-state index in [0.29, 0.717) is 26.1 Å². The third kappa shape index (κ3) is 6.90. The van der Waals surface area contributed by atoms with Crippen LogP contribution in [0.25, 0.3) is 0 Å². The quantitative estimate of drug-likeness (QED) is 0.572. The number of carboxylic acids is 1. The fourth-order valence-corrected chi connectivity index (χ4v) is 5.18. The van der Waals surface area contributed by atoms with Crippen LogP contribution in [-0.2, 0) is 19.1 Å². The minimum Gasteiger partial charge on any atom is -0.481 e. The van der Waals surface area contributed by atoms with Gasteiger partial charge in [0.25, 0.3) is 0 Å². The number of nitrogens with zero attached hydrogens (tertiary/aromatic N) is 1. The summed E-state index contributed by atoms with van der Waals surface area (Å²) < 4.78 is 34.6. The fourth-order valence-electron chi connectivity index (χ4n) is 3.89. The van der Waals surface area contributed by atoms with Crippen LogP contribution < -0.4 is 5.32 Å². The van der Waals surface area contributed by atoms with Gasteiger partial charge in [0, 0.05) is 38.8 Å². The van der Waals surface area contributed by atoms with E-state index in [1.165, 1.54) is 11.9 Å². The molecule has 1 aromatic rings. The minimum atomic E-state index is -1.65. The highest BCUT2D eigenvalue weighted by Gasteiger charge is 2.35. The molecule has 32 heavy (non-hydrogen) atoms. The molecule has 0 bridgehead atoms. The fraction of sp³-hybridized carbons (Fsp3) is 0.591. The lowest BCUT2D eigenvalue weighted by Gasteiger charge is -2.35. The van der Waals surface area contributed by atoms with E-state index >= 15 is 0 Å². The number of hydrogen-bond acceptors (Lipinski definition) is 4. The number of hydrogen-bond donors (Lipinski definition) is 2. The van der Waals surface area contributed by atoms with E-state index < -0.39 is 39.6 Å². The number of nitrogens with one attached hydrogen (secondary N) is 1. The topological polar surface area (TPSA) is 95.9 Å². The van der Waals surface area contributed by atoms with Crippen molar-refractivity contribution in [3.63, 3.8) is 0 Å². The standard InChI is InChI=1S/C22H32F2N2O5S/c1-26(18(27)6-5-7-19(28)29)20(14-8-10-31-11-9-14)22(30)25-15-12-16(23)21(17(24)13-15)32(2,3)4/h12-14,20H,5-11H2,1-4H3,(H,25,30)(H,28,29). The van der Waals surface area contributed by atoms with Crippen molar-refractivity contribution in [2.75, 3.05) is 44.3 Å². The first kappa shape index (κ1) is 26.1. The van der Waals surface area contributed by atoms with Crippen LogP contribution >= 0.6 is 10.0 Å². The lowest BCUT2D eigenvalue weighted by molar-refractivity contribution is -0.141. The predicted octanol–water partition coefficient (Wildman–Crippen LogP) is 3.46. The molecule has 10 heteroatoms. The van der Waals surface area contributed by atoms with Gasteiger partial charge in [-0.2, -0.15) is 0 Å². The first-order valence-corrected chi connectivity index (χ1v) is 13.3. The van der Waals surface area contributed by atoms with Crippen molar-refractivity contribution in [1.29, 1.82) is 0 Å². The molecular formula is C22H32F2N2O5S. The molecule has 1 unspecified atom stereocenters. The zero-order valence-corrected chi connectivity index (χ0v) is 19.8. The van der Waals surface area contributed by atoms with Gasteiger partial charge >= 0.3 is 5.97 Å². The number of carbonyl (C=O) groups is 3. The van der Waals surface area contributed by atoms with Crippen molar-refractivity contribution in [1.82, 2.24) is 4.90 Å². The average Bonchev–Trinajstić information content (AvgIpc) is 2.66. The van der Waals surface area contributed by atoms with Gasteiger partial charge in [-0.25, -0.2) is 18.8 Å². The summed E-state index contributed by atoms with van der Waals surface area (Å²) in [4.78, 5) is 37.8. The van der Waals surface area contributed by atoms with Crippen LogP contribution in [0, 0.1) is 17.6 Å². The number of aliphatic carboxylic acids is 1. The van der Waals surface area contributed by atoms with E-state index in [1.54, 1.807) is 18.8 Å². The first-order valence-electron chi connectivity index (χ1n) is 10.4. The summed E-state index contributed by atoms with van der Waals surface area (Å²) in [5.74, 6) is -3.52. The van der Waals surface area contributed by atoms with Gasteiger partial charge in [-0.05, 0) is 56.1 Å². The average molecular weight is 475 g/mol. The molecule has 1 fully saturated rings. The molecule has 1 aliphatic heterocycles. The van der Waals surface area contributed by atoms with Crippen LogP contribution in [0.15, 0.2) is 17.0 Å². The maximum Gasteiger partial charge on any atom is 0.303 e. The number of halogens is 2. The molecule has 1 saturated heterocycles. The normalized spacial score (nSPS) is 16.3. The third-order valence-electron chi connectivity index (χ3n) is 5.45. The Hall–Kier alpha value is -2.20. The van der Waals surface area contributed by atoms with Gasteiger partial charge < -0.3 is 20.1 Å². The molecule has 0 radical (unpaired) electrons. The van der Waals surface area contributed by atoms with Gasteiger partial charge in [0.1, 0.15) is 17.7 Å². The second-order valence-electron chi connectivity index (χ2n) is 8.74. The lowest BCUT2D eigenvalue weighted by Crippen LogP contribution is -2.50. The van der Waals surface area contributed by atoms with Gasteiger partial charge in [0.2, 0.25) is 11.8 Å². The molecule has 1 aromatic carbocycles. The maximum absolute atomic E-state index is 14.6. The highest BCUT2D eigenvalue weighted by Crippen LogP contribution is 2.48. The predicted molar refractivity (Wildman–Crippen MR) is 120 cm³/mol. The number of carboxylic acid groups (broad SMARTS) is 1. The molecule has 0 aromatic heterocycles. The number of ether oxygens (including phenoxy) is 1. The molecular weight excluding hydrogens is 442 g/mol. The van der Waals surface area contributed by atoms with E-state index in [2.05, 4.69) is 5.32 Å². The molecule has 2 N–H and O–H groups in total. The van der Waals surface area contributed by atoms with Crippen LogP contribution in [0.2, 0.25) is 0 Å². The Balaban J connectivity index is 2.23. The molecule has 1 atom stereocenters. The summed E-state index contributed by atoms with van der Waals surface area (Å²) in [6.45, 7) is 0.892. The van der Waals surface area contributed by atoms with Crippen molar-refractivity contribution < 1.29 is 33.0 Å². The molecule has 2 amide bonds. The summed E-state index contributed by atoms with van der Waals surface area (Å²) in [7, 11) is -0.158. The number of amides is 2. The van der Waals surface area contributed by atoms with Crippen LogP contribution in [0.1, 0.15) is 32.1 Å². The van der Waals surface area contributed by atoms with Crippen molar-refractivity contribution in [2.24, 2.45) is 5.92 Å². The smallest absolute Gasteiger partial charge is 0.303 e. The van der Waals surface area contributed by atoms with E-state index in [4.69, 9.17) is 9.84 Å². The number of benzene rings is 1. The number of rotatable bonds is 9. The van der Waals surface area contributed by atoms with Gasteiger partial charge in [-0.3, -0.25) is 14.4 Å². The third-order valence-corrected chi connectivity index (χ3v) is 7.07. The Morgan fingerprint density at radius 3 is 2.22 bits per heavy atom. The van der Waals surface area contributed by atoms with Crippen molar-refractivity contribution in [2.45, 2.75) is 43.0 Å². The minimum absolute atomic E-state index is 0.0118. The largest absolute Gasteiger partial charge is 0.481 e. The van der Waals surface area contributed by atoms with Crippen LogP contribution in [0.5, 0.6) is 0 Å². The summed E-state index contributed by atoms with van der Waals surface area (Å²) in [5, 5.41) is 11.4. The van der Waals surface area contributed by atoms with Crippen molar-refractivity contribution in [3.8, 4) is 0 Å². The van der Waals surface area contributed by atoms with Gasteiger partial charge in [-0.15, -0.1) is 0 Å². The highest BCUT2D eigenvalue weighted by molar-refractivity contribution is 8.32. The molecule has 1 aliphatic rings. The van der Waals surface area contributed by atoms with E-state index in [9.17, 15) is 23.2 Å². The van der Waals surface area contributed by atoms with E-state index in [1.807, 2.05) is 0 Å². The van der Waals surface area contributed by atoms with Crippen LogP contribution in [0.4, 0.5) is 14.5 Å². The molecule has 2 rings (SSSR count). The zero-order valence-electron chi connectivity index (χ0n) is 19.0. The Labute approximate surface area is 188 Å². The van der Waals surface area contributed by atoms with Gasteiger partial charge in [0.15, 0.2) is 0 Å². The molecule has 7 nitrogen and oxygen atoms in total. The summed E-state index contributed by atoms with van der Waals surface area (Å²) in [6, 6.07) is 1.34. The summed E-state index contributed by atoms with van der Waals surface area (Å²) >= 11 is 0. The van der Waals surface area contributed by atoms with E-state index in [-0.39, 0.29) is 41.7 Å². The number of anilines is 1. The molecule has 1 heterocycles. The Morgan fingerprint density at radius 1 is 1.16 bits per heavy atom. The lowest BCUT2D eigenvalue weighted by atomic mass is 9.89. The monoisotopic (exact) mass is 474 g/mol. The van der Waals surface area contributed by atoms with Gasteiger partial charge in [-0.1, -0.05) is 0 Å². The van der Waals surface area contributed by atoms with Gasteiger partial charge in [0.05, 0.1) is 4.90 Å².